The predicted octanol–water partition coefficient (Wildman–Crippen LogP) is 5.32. The number of alkyl halides is 3. The normalized spacial score (nSPS) is 17.0. The second-order valence-electron chi connectivity index (χ2n) is 7.95. The average molecular weight is 496 g/mol. The van der Waals surface area contributed by atoms with Crippen LogP contribution in [0.3, 0.4) is 0 Å². The molecular weight excluding hydrogens is 475 g/mol. The Labute approximate surface area is 197 Å². The lowest BCUT2D eigenvalue weighted by Gasteiger charge is -2.33. The van der Waals surface area contributed by atoms with Gasteiger partial charge in [-0.25, -0.2) is 0 Å². The second kappa shape index (κ2) is 8.96. The molecule has 4 rings (SSSR count). The number of carbonyl (C=O) groups excluding carboxylic acids is 1. The van der Waals surface area contributed by atoms with Gasteiger partial charge in [-0.3, -0.25) is 9.48 Å². The van der Waals surface area contributed by atoms with Crippen LogP contribution >= 0.6 is 22.9 Å². The summed E-state index contributed by atoms with van der Waals surface area (Å²) in [5.41, 5.74) is 0.808. The summed E-state index contributed by atoms with van der Waals surface area (Å²) in [6.45, 7) is 5.62. The number of hydrogen-bond donors (Lipinski definition) is 1. The summed E-state index contributed by atoms with van der Waals surface area (Å²) in [5.74, 6) is -0.632. The van der Waals surface area contributed by atoms with E-state index in [1.165, 1.54) is 30.5 Å². The summed E-state index contributed by atoms with van der Waals surface area (Å²) in [4.78, 5) is 14.9. The molecule has 0 saturated heterocycles. The molecule has 10 heteroatoms. The van der Waals surface area contributed by atoms with Crippen molar-refractivity contribution in [3.05, 3.63) is 75.2 Å². The van der Waals surface area contributed by atoms with Crippen molar-refractivity contribution in [3.8, 4) is 11.1 Å². The van der Waals surface area contributed by atoms with Crippen LogP contribution in [-0.4, -0.2) is 38.3 Å². The summed E-state index contributed by atoms with van der Waals surface area (Å²) in [5, 5.41) is 13.4. The zero-order chi connectivity index (χ0) is 23.9. The standard InChI is InChI=1S/C23H21ClF3N3O2S/c1-3-21(32)29-10-17(16-8-20(24)33-19(16)12-29)14-6-4-5-7-15(14)18-11-30(9-13(2)31)28-22(18)23(25,26)27/h3-8,11,13,17,31H,1,9-10,12H2,2H3/t13-,17-/m1/s1. The Hall–Kier alpha value is -2.62. The minimum atomic E-state index is -4.68. The molecule has 0 unspecified atom stereocenters. The van der Waals surface area contributed by atoms with E-state index in [-0.39, 0.29) is 30.5 Å². The molecule has 3 heterocycles. The number of rotatable bonds is 5. The first kappa shape index (κ1) is 23.5. The lowest BCUT2D eigenvalue weighted by Crippen LogP contribution is -2.37. The van der Waals surface area contributed by atoms with Crippen molar-refractivity contribution in [1.29, 1.82) is 0 Å². The van der Waals surface area contributed by atoms with Gasteiger partial charge in [0.05, 0.1) is 23.5 Å². The molecule has 0 bridgehead atoms. The molecule has 0 radical (unpaired) electrons. The minimum Gasteiger partial charge on any atom is -0.391 e. The van der Waals surface area contributed by atoms with Crippen molar-refractivity contribution < 1.29 is 23.1 Å². The highest BCUT2D eigenvalue weighted by Crippen LogP contribution is 2.45. The number of halogens is 4. The molecule has 1 aromatic carbocycles. The molecule has 1 aliphatic heterocycles. The fourth-order valence-electron chi connectivity index (χ4n) is 4.19. The molecule has 1 amide bonds. The van der Waals surface area contributed by atoms with Crippen molar-refractivity contribution in [2.24, 2.45) is 0 Å². The van der Waals surface area contributed by atoms with Crippen LogP contribution in [0.25, 0.3) is 11.1 Å². The monoisotopic (exact) mass is 495 g/mol. The molecule has 0 aliphatic carbocycles. The van der Waals surface area contributed by atoms with E-state index in [2.05, 4.69) is 11.7 Å². The van der Waals surface area contributed by atoms with Crippen LogP contribution in [0.4, 0.5) is 13.2 Å². The average Bonchev–Trinajstić information content (AvgIpc) is 3.34. The number of hydrogen-bond acceptors (Lipinski definition) is 4. The fourth-order valence-corrected chi connectivity index (χ4v) is 5.54. The number of benzene rings is 1. The van der Waals surface area contributed by atoms with Gasteiger partial charge in [-0.05, 0) is 35.8 Å². The van der Waals surface area contributed by atoms with Crippen molar-refractivity contribution in [2.45, 2.75) is 38.2 Å². The zero-order valence-corrected chi connectivity index (χ0v) is 19.2. The van der Waals surface area contributed by atoms with Gasteiger partial charge in [-0.1, -0.05) is 42.4 Å². The summed E-state index contributed by atoms with van der Waals surface area (Å²) < 4.78 is 43.4. The van der Waals surface area contributed by atoms with Crippen LogP contribution in [0.5, 0.6) is 0 Å². The smallest absolute Gasteiger partial charge is 0.391 e. The quantitative estimate of drug-likeness (QED) is 0.487. The number of fused-ring (bicyclic) bond motifs is 1. The SMILES string of the molecule is C=CC(=O)N1Cc2sc(Cl)cc2[C@@H](c2ccccc2-c2cn(C[C@@H](C)O)nc2C(F)(F)F)C1. The van der Waals surface area contributed by atoms with E-state index >= 15 is 0 Å². The Balaban J connectivity index is 1.87. The van der Waals surface area contributed by atoms with Gasteiger partial charge >= 0.3 is 6.18 Å². The minimum absolute atomic E-state index is 0.0689. The number of carbonyl (C=O) groups is 1. The molecule has 1 N–H and O–H groups in total. The Morgan fingerprint density at radius 1 is 1.36 bits per heavy atom. The second-order valence-corrected chi connectivity index (χ2v) is 9.72. The first-order valence-corrected chi connectivity index (χ1v) is 11.4. The van der Waals surface area contributed by atoms with E-state index in [4.69, 9.17) is 11.6 Å². The van der Waals surface area contributed by atoms with Gasteiger partial charge in [0.25, 0.3) is 0 Å². The van der Waals surface area contributed by atoms with Crippen molar-refractivity contribution in [2.75, 3.05) is 6.54 Å². The molecule has 0 spiro atoms. The molecule has 2 atom stereocenters. The maximum absolute atomic E-state index is 13.9. The van der Waals surface area contributed by atoms with E-state index < -0.39 is 18.0 Å². The maximum Gasteiger partial charge on any atom is 0.435 e. The Bertz CT molecular complexity index is 1200. The van der Waals surface area contributed by atoms with Gasteiger partial charge in [0.2, 0.25) is 5.91 Å². The zero-order valence-electron chi connectivity index (χ0n) is 17.6. The first-order valence-electron chi connectivity index (χ1n) is 10.2. The number of amides is 1. The van der Waals surface area contributed by atoms with Gasteiger partial charge in [0.15, 0.2) is 5.69 Å². The van der Waals surface area contributed by atoms with Crippen LogP contribution in [0.1, 0.15) is 34.5 Å². The Kier molecular flexibility index (Phi) is 6.39. The predicted molar refractivity (Wildman–Crippen MR) is 121 cm³/mol. The van der Waals surface area contributed by atoms with Crippen molar-refractivity contribution in [3.63, 3.8) is 0 Å². The Morgan fingerprint density at radius 2 is 2.09 bits per heavy atom. The highest BCUT2D eigenvalue weighted by Gasteiger charge is 2.39. The summed E-state index contributed by atoms with van der Waals surface area (Å²) in [6.07, 6.45) is -3.00. The number of aliphatic hydroxyl groups excluding tert-OH is 1. The first-order chi connectivity index (χ1) is 15.6. The van der Waals surface area contributed by atoms with E-state index in [1.54, 1.807) is 29.2 Å². The molecule has 0 saturated carbocycles. The number of aliphatic hydroxyl groups is 1. The van der Waals surface area contributed by atoms with Gasteiger partial charge in [-0.2, -0.15) is 18.3 Å². The maximum atomic E-state index is 13.9. The number of thiophene rings is 1. The van der Waals surface area contributed by atoms with Gasteiger partial charge < -0.3 is 10.0 Å². The fraction of sp³-hybridized carbons (Fsp3) is 0.304. The molecule has 33 heavy (non-hydrogen) atoms. The number of nitrogens with zero attached hydrogens (tertiary/aromatic N) is 3. The largest absolute Gasteiger partial charge is 0.435 e. The van der Waals surface area contributed by atoms with Crippen molar-refractivity contribution in [1.82, 2.24) is 14.7 Å². The third-order valence-electron chi connectivity index (χ3n) is 5.52. The third-order valence-corrected chi connectivity index (χ3v) is 6.78. The van der Waals surface area contributed by atoms with E-state index in [1.807, 2.05) is 6.07 Å². The van der Waals surface area contributed by atoms with E-state index in [0.29, 0.717) is 22.0 Å². The topological polar surface area (TPSA) is 58.4 Å². The van der Waals surface area contributed by atoms with E-state index in [0.717, 1.165) is 15.1 Å². The molecular formula is C23H21ClF3N3O2S. The van der Waals surface area contributed by atoms with Crippen LogP contribution in [0.15, 0.2) is 49.2 Å². The van der Waals surface area contributed by atoms with Crippen molar-refractivity contribution >= 4 is 28.8 Å². The number of aromatic nitrogens is 2. The van der Waals surface area contributed by atoms with Gasteiger partial charge in [0.1, 0.15) is 0 Å². The summed E-state index contributed by atoms with van der Waals surface area (Å²) >= 11 is 7.62. The molecule has 0 fully saturated rings. The van der Waals surface area contributed by atoms with Gasteiger partial charge in [-0.15, -0.1) is 11.3 Å². The molecule has 1 aliphatic rings. The van der Waals surface area contributed by atoms with E-state index in [9.17, 15) is 23.1 Å². The lowest BCUT2D eigenvalue weighted by atomic mass is 9.84. The van der Waals surface area contributed by atoms with Crippen LogP contribution in [0, 0.1) is 0 Å². The van der Waals surface area contributed by atoms with Crippen LogP contribution < -0.4 is 0 Å². The molecule has 174 valence electrons. The lowest BCUT2D eigenvalue weighted by molar-refractivity contribution is -0.141. The highest BCUT2D eigenvalue weighted by atomic mass is 35.5. The van der Waals surface area contributed by atoms with Gasteiger partial charge in [0, 0.05) is 29.1 Å². The molecule has 2 aromatic heterocycles. The molecule has 3 aromatic rings. The third kappa shape index (κ3) is 4.71. The summed E-state index contributed by atoms with van der Waals surface area (Å²) in [7, 11) is 0. The summed E-state index contributed by atoms with van der Waals surface area (Å²) in [6, 6.07) is 8.64. The van der Waals surface area contributed by atoms with Crippen LogP contribution in [0.2, 0.25) is 4.34 Å². The molecule has 5 nitrogen and oxygen atoms in total. The van der Waals surface area contributed by atoms with Crippen LogP contribution in [-0.2, 0) is 24.1 Å². The highest BCUT2D eigenvalue weighted by molar-refractivity contribution is 7.16. The Morgan fingerprint density at radius 3 is 2.76 bits per heavy atom.